The first-order chi connectivity index (χ1) is 14.3. The van der Waals surface area contributed by atoms with Crippen molar-refractivity contribution < 1.29 is 9.53 Å². The minimum absolute atomic E-state index is 0.0279. The Morgan fingerprint density at radius 2 is 1.90 bits per heavy atom. The Balaban J connectivity index is 1.71. The van der Waals surface area contributed by atoms with Gasteiger partial charge < -0.3 is 15.0 Å². The molecular formula is C23H27ClN4O2. The van der Waals surface area contributed by atoms with Crippen LogP contribution in [0.5, 0.6) is 5.75 Å². The van der Waals surface area contributed by atoms with Crippen molar-refractivity contribution in [3.05, 3.63) is 76.1 Å². The normalized spacial score (nSPS) is 12.1. The van der Waals surface area contributed by atoms with Gasteiger partial charge in [-0.15, -0.1) is 0 Å². The van der Waals surface area contributed by atoms with Gasteiger partial charge in [0.25, 0.3) is 5.91 Å². The van der Waals surface area contributed by atoms with E-state index in [-0.39, 0.29) is 11.9 Å². The lowest BCUT2D eigenvalue weighted by molar-refractivity contribution is 0.0942. The summed E-state index contributed by atoms with van der Waals surface area (Å²) in [7, 11) is 5.63. The van der Waals surface area contributed by atoms with Gasteiger partial charge in [0.2, 0.25) is 0 Å². The van der Waals surface area contributed by atoms with E-state index in [1.807, 2.05) is 64.3 Å². The van der Waals surface area contributed by atoms with Crippen LogP contribution in [0.15, 0.2) is 48.5 Å². The average molecular weight is 427 g/mol. The zero-order valence-corrected chi connectivity index (χ0v) is 18.7. The fourth-order valence-electron chi connectivity index (χ4n) is 3.37. The van der Waals surface area contributed by atoms with Gasteiger partial charge in [0.15, 0.2) is 0 Å². The minimum atomic E-state index is -0.123. The van der Waals surface area contributed by atoms with E-state index in [1.165, 1.54) is 0 Å². The summed E-state index contributed by atoms with van der Waals surface area (Å²) in [6, 6.07) is 15.3. The number of hydrogen-bond donors (Lipinski definition) is 1. The van der Waals surface area contributed by atoms with Gasteiger partial charge in [0, 0.05) is 12.1 Å². The van der Waals surface area contributed by atoms with E-state index in [0.29, 0.717) is 17.1 Å². The molecule has 0 aliphatic carbocycles. The van der Waals surface area contributed by atoms with Crippen molar-refractivity contribution in [1.29, 1.82) is 0 Å². The number of methoxy groups -OCH3 is 1. The van der Waals surface area contributed by atoms with Crippen molar-refractivity contribution in [3.8, 4) is 11.4 Å². The van der Waals surface area contributed by atoms with Crippen LogP contribution >= 0.6 is 11.6 Å². The molecule has 1 aromatic heterocycles. The van der Waals surface area contributed by atoms with E-state index in [2.05, 4.69) is 15.3 Å². The first kappa shape index (κ1) is 21.9. The summed E-state index contributed by atoms with van der Waals surface area (Å²) in [4.78, 5) is 14.8. The average Bonchev–Trinajstić information content (AvgIpc) is 3.01. The van der Waals surface area contributed by atoms with Crippen LogP contribution in [0.1, 0.15) is 33.4 Å². The van der Waals surface area contributed by atoms with Gasteiger partial charge in [-0.2, -0.15) is 5.10 Å². The topological polar surface area (TPSA) is 59.4 Å². The van der Waals surface area contributed by atoms with Gasteiger partial charge in [-0.25, -0.2) is 4.68 Å². The van der Waals surface area contributed by atoms with Crippen LogP contribution in [0.25, 0.3) is 5.69 Å². The highest BCUT2D eigenvalue weighted by Crippen LogP contribution is 2.23. The highest BCUT2D eigenvalue weighted by atomic mass is 35.5. The lowest BCUT2D eigenvalue weighted by Gasteiger charge is -2.25. The molecule has 0 radical (unpaired) electrons. The predicted molar refractivity (Wildman–Crippen MR) is 120 cm³/mol. The smallest absolute Gasteiger partial charge is 0.251 e. The molecule has 30 heavy (non-hydrogen) atoms. The fourth-order valence-corrected chi connectivity index (χ4v) is 3.49. The molecule has 6 nitrogen and oxygen atoms in total. The lowest BCUT2D eigenvalue weighted by Crippen LogP contribution is -2.34. The Morgan fingerprint density at radius 1 is 1.20 bits per heavy atom. The van der Waals surface area contributed by atoms with Crippen LogP contribution in [-0.4, -0.2) is 48.3 Å². The van der Waals surface area contributed by atoms with E-state index in [4.69, 9.17) is 16.3 Å². The van der Waals surface area contributed by atoms with Crippen LogP contribution in [0.2, 0.25) is 5.02 Å². The molecule has 0 saturated heterocycles. The number of benzene rings is 2. The third kappa shape index (κ3) is 4.66. The van der Waals surface area contributed by atoms with Gasteiger partial charge in [-0.3, -0.25) is 4.79 Å². The molecule has 0 aliphatic rings. The summed E-state index contributed by atoms with van der Waals surface area (Å²) >= 11 is 6.24. The summed E-state index contributed by atoms with van der Waals surface area (Å²) < 4.78 is 7.11. The standard InChI is InChI=1S/C23H27ClN4O2/c1-15-22(24)16(2)28(26-15)19-11-9-17(10-12-19)23(29)25-14-21(27(3)4)18-7-6-8-20(13-18)30-5/h6-13,21H,14H2,1-5H3,(H,25,29). The molecule has 1 unspecified atom stereocenters. The van der Waals surface area contributed by atoms with Gasteiger partial charge in [0.1, 0.15) is 5.75 Å². The molecule has 3 rings (SSSR count). The first-order valence-electron chi connectivity index (χ1n) is 9.72. The maximum Gasteiger partial charge on any atom is 0.251 e. The number of aryl methyl sites for hydroxylation is 1. The molecule has 2 aromatic carbocycles. The number of hydrogen-bond acceptors (Lipinski definition) is 4. The quantitative estimate of drug-likeness (QED) is 0.615. The Labute approximate surface area is 182 Å². The van der Waals surface area contributed by atoms with Crippen LogP contribution in [0.3, 0.4) is 0 Å². The van der Waals surface area contributed by atoms with Crippen LogP contribution < -0.4 is 10.1 Å². The number of carbonyl (C=O) groups excluding carboxylic acids is 1. The molecule has 3 aromatic rings. The first-order valence-corrected chi connectivity index (χ1v) is 10.1. The molecular weight excluding hydrogens is 400 g/mol. The van der Waals surface area contributed by atoms with E-state index < -0.39 is 0 Å². The highest BCUT2D eigenvalue weighted by Gasteiger charge is 2.17. The van der Waals surface area contributed by atoms with Crippen molar-refractivity contribution in [2.75, 3.05) is 27.7 Å². The van der Waals surface area contributed by atoms with Crippen molar-refractivity contribution in [3.63, 3.8) is 0 Å². The Kier molecular flexibility index (Phi) is 6.80. The SMILES string of the molecule is COc1cccc(C(CNC(=O)c2ccc(-n3nc(C)c(Cl)c3C)cc2)N(C)C)c1. The molecule has 1 atom stereocenters. The summed E-state index contributed by atoms with van der Waals surface area (Å²) in [6.07, 6.45) is 0. The zero-order valence-electron chi connectivity index (χ0n) is 17.9. The van der Waals surface area contributed by atoms with Crippen molar-refractivity contribution in [2.24, 2.45) is 0 Å². The number of halogens is 1. The molecule has 0 saturated carbocycles. The number of nitrogens with one attached hydrogen (secondary N) is 1. The summed E-state index contributed by atoms with van der Waals surface area (Å²) in [5, 5.41) is 8.14. The molecule has 158 valence electrons. The molecule has 7 heteroatoms. The molecule has 1 heterocycles. The van der Waals surface area contributed by atoms with Gasteiger partial charge in [-0.1, -0.05) is 23.7 Å². The van der Waals surface area contributed by atoms with Crippen LogP contribution in [0.4, 0.5) is 0 Å². The Morgan fingerprint density at radius 3 is 2.47 bits per heavy atom. The maximum absolute atomic E-state index is 12.7. The molecule has 1 amide bonds. The lowest BCUT2D eigenvalue weighted by atomic mass is 10.1. The number of aromatic nitrogens is 2. The highest BCUT2D eigenvalue weighted by molar-refractivity contribution is 6.31. The third-order valence-corrected chi connectivity index (χ3v) is 5.68. The Bertz CT molecular complexity index is 1030. The third-order valence-electron chi connectivity index (χ3n) is 5.13. The summed E-state index contributed by atoms with van der Waals surface area (Å²) in [6.45, 7) is 4.27. The van der Waals surface area contributed by atoms with Crippen molar-refractivity contribution in [2.45, 2.75) is 19.9 Å². The second kappa shape index (κ2) is 9.32. The summed E-state index contributed by atoms with van der Waals surface area (Å²) in [5.74, 6) is 0.674. The summed E-state index contributed by atoms with van der Waals surface area (Å²) in [5.41, 5.74) is 4.19. The number of ether oxygens (including phenoxy) is 1. The van der Waals surface area contributed by atoms with Gasteiger partial charge in [-0.05, 0) is 69.9 Å². The molecule has 1 N–H and O–H groups in total. The second-order valence-electron chi connectivity index (χ2n) is 7.41. The molecule has 0 aliphatic heterocycles. The van der Waals surface area contributed by atoms with Gasteiger partial charge >= 0.3 is 0 Å². The maximum atomic E-state index is 12.7. The fraction of sp³-hybridized carbons (Fsp3) is 0.304. The molecule has 0 fully saturated rings. The minimum Gasteiger partial charge on any atom is -0.497 e. The molecule has 0 spiro atoms. The largest absolute Gasteiger partial charge is 0.497 e. The number of likely N-dealkylation sites (N-methyl/N-ethyl adjacent to an activating group) is 1. The number of amides is 1. The van der Waals surface area contributed by atoms with Crippen LogP contribution in [0, 0.1) is 13.8 Å². The van der Waals surface area contributed by atoms with Gasteiger partial charge in [0.05, 0.1) is 35.2 Å². The second-order valence-corrected chi connectivity index (χ2v) is 7.79. The van der Waals surface area contributed by atoms with Crippen molar-refractivity contribution >= 4 is 17.5 Å². The predicted octanol–water partition coefficient (Wildman–Crippen LogP) is 4.18. The van der Waals surface area contributed by atoms with E-state index in [1.54, 1.807) is 23.9 Å². The van der Waals surface area contributed by atoms with E-state index in [9.17, 15) is 4.79 Å². The van der Waals surface area contributed by atoms with Crippen molar-refractivity contribution in [1.82, 2.24) is 20.0 Å². The number of rotatable bonds is 7. The number of carbonyl (C=O) groups is 1. The van der Waals surface area contributed by atoms with E-state index in [0.717, 1.165) is 28.4 Å². The van der Waals surface area contributed by atoms with E-state index >= 15 is 0 Å². The number of nitrogens with zero attached hydrogens (tertiary/aromatic N) is 3. The Hall–Kier alpha value is -2.83. The molecule has 0 bridgehead atoms. The zero-order chi connectivity index (χ0) is 21.8. The van der Waals surface area contributed by atoms with Crippen LogP contribution in [-0.2, 0) is 0 Å². The monoisotopic (exact) mass is 426 g/mol.